The first-order valence-electron chi connectivity index (χ1n) is 12.7. The van der Waals surface area contributed by atoms with E-state index in [1.165, 1.54) is 36.1 Å². The molecule has 0 radical (unpaired) electrons. The predicted molar refractivity (Wildman–Crippen MR) is 138 cm³/mol. The number of hydroxylamine groups is 1. The van der Waals surface area contributed by atoms with Gasteiger partial charge in [0.15, 0.2) is 17.2 Å². The third-order valence-corrected chi connectivity index (χ3v) is 8.69. The van der Waals surface area contributed by atoms with Gasteiger partial charge in [0.1, 0.15) is 5.69 Å². The lowest BCUT2D eigenvalue weighted by molar-refractivity contribution is -0.132. The van der Waals surface area contributed by atoms with E-state index in [1.807, 2.05) is 0 Å². The van der Waals surface area contributed by atoms with E-state index >= 15 is 8.78 Å². The van der Waals surface area contributed by atoms with Crippen LogP contribution in [0.5, 0.6) is 0 Å². The number of rotatable bonds is 7. The van der Waals surface area contributed by atoms with Gasteiger partial charge in [-0.1, -0.05) is 4.47 Å². The molecule has 12 nitrogen and oxygen atoms in total. The lowest BCUT2D eigenvalue weighted by Gasteiger charge is -2.24. The van der Waals surface area contributed by atoms with E-state index in [2.05, 4.69) is 10.6 Å². The molecule has 2 saturated heterocycles. The summed E-state index contributed by atoms with van der Waals surface area (Å²) in [5.41, 5.74) is -1.52. The molecule has 3 fully saturated rings. The van der Waals surface area contributed by atoms with E-state index in [9.17, 15) is 31.6 Å². The number of halogens is 4. The average molecular weight is 616 g/mol. The van der Waals surface area contributed by atoms with Gasteiger partial charge in [-0.3, -0.25) is 19.3 Å². The second-order valence-corrected chi connectivity index (χ2v) is 11.7. The van der Waals surface area contributed by atoms with Crippen LogP contribution in [0.2, 0.25) is 0 Å². The Hall–Kier alpha value is -3.96. The molecule has 2 aromatic rings. The molecule has 42 heavy (non-hydrogen) atoms. The monoisotopic (exact) mass is 615 g/mol. The number of nitrogens with zero attached hydrogens (tertiary/aromatic N) is 3. The van der Waals surface area contributed by atoms with Crippen molar-refractivity contribution in [2.75, 3.05) is 47.9 Å². The fourth-order valence-corrected chi connectivity index (χ4v) is 6.12. The summed E-state index contributed by atoms with van der Waals surface area (Å²) in [7, 11) is -4.14. The highest BCUT2D eigenvalue weighted by Gasteiger charge is 2.64. The minimum absolute atomic E-state index is 0.0684. The zero-order valence-electron chi connectivity index (χ0n) is 22.0. The lowest BCUT2D eigenvalue weighted by atomic mass is 10.2. The molecule has 2 aliphatic heterocycles. The van der Waals surface area contributed by atoms with Crippen molar-refractivity contribution in [2.24, 2.45) is 0 Å². The number of benzene rings is 2. The first-order valence-corrected chi connectivity index (χ1v) is 14.1. The summed E-state index contributed by atoms with van der Waals surface area (Å²) >= 11 is 0. The third-order valence-electron chi connectivity index (χ3n) is 7.00. The number of carbonyl (C=O) groups is 3. The van der Waals surface area contributed by atoms with Gasteiger partial charge in [0.2, 0.25) is 5.91 Å². The van der Waals surface area contributed by atoms with Gasteiger partial charge >= 0.3 is 12.5 Å². The number of amides is 3. The highest BCUT2D eigenvalue weighted by atomic mass is 32.2. The van der Waals surface area contributed by atoms with E-state index < -0.39 is 57.4 Å². The number of carbonyl (C=O) groups excluding carboxylic acids is 3. The number of hydrogen-bond acceptors (Lipinski definition) is 8. The van der Waals surface area contributed by atoms with Crippen LogP contribution in [0.3, 0.4) is 0 Å². The van der Waals surface area contributed by atoms with Gasteiger partial charge in [-0.25, -0.2) is 22.0 Å². The summed E-state index contributed by atoms with van der Waals surface area (Å²) in [5.74, 6) is -3.92. The Balaban J connectivity index is 1.27. The van der Waals surface area contributed by atoms with Crippen LogP contribution in [0.1, 0.15) is 13.3 Å². The van der Waals surface area contributed by atoms with Crippen molar-refractivity contribution < 1.29 is 49.9 Å². The second-order valence-electron chi connectivity index (χ2n) is 9.90. The molecule has 0 aromatic heterocycles. The minimum atomic E-state index is -4.14. The Morgan fingerprint density at radius 1 is 1.07 bits per heavy atom. The van der Waals surface area contributed by atoms with Crippen LogP contribution in [0.25, 0.3) is 0 Å². The number of nitrogens with one attached hydrogen (secondary N) is 2. The van der Waals surface area contributed by atoms with Gasteiger partial charge < -0.3 is 20.3 Å². The molecule has 0 bridgehead atoms. The molecule has 2 N–H and O–H groups in total. The molecule has 226 valence electrons. The van der Waals surface area contributed by atoms with Crippen LogP contribution in [0, 0.1) is 11.6 Å². The van der Waals surface area contributed by atoms with Gasteiger partial charge in [-0.2, -0.15) is 8.78 Å². The summed E-state index contributed by atoms with van der Waals surface area (Å²) in [6.07, 6.45) is -4.13. The zero-order valence-corrected chi connectivity index (χ0v) is 22.8. The zero-order chi connectivity index (χ0) is 30.4. The molecule has 1 aliphatic carbocycles. The van der Waals surface area contributed by atoms with Crippen molar-refractivity contribution >= 4 is 45.0 Å². The Kier molecular flexibility index (Phi) is 7.76. The molecular formula is C25H25F4N5O7S. The van der Waals surface area contributed by atoms with Crippen LogP contribution in [0.15, 0.2) is 41.3 Å². The van der Waals surface area contributed by atoms with Crippen LogP contribution >= 0.6 is 0 Å². The molecule has 2 atom stereocenters. The van der Waals surface area contributed by atoms with Gasteiger partial charge in [-0.15, -0.1) is 0 Å². The standard InChI is InChI=1S/C25H25F4N5O7S/c1-14(35)30-15-2-4-17(5-3-15)42(38,39)34-7-6-32(8-9-40-34)21-18(26)10-16(11-19(21)27)33-13-25(41-24(33)37)12-20(25)31-23(36)22(28)29/h2-5,10-11,20,22H,6-9,12-13H2,1H3,(H,30,35)(H,31,36)/t20-,25-/m0/s1. The summed E-state index contributed by atoms with van der Waals surface area (Å²) in [5, 5.41) is 4.60. The number of sulfonamides is 1. The van der Waals surface area contributed by atoms with E-state index in [4.69, 9.17) is 9.57 Å². The molecular weight excluding hydrogens is 590 g/mol. The molecule has 3 aliphatic rings. The maximum Gasteiger partial charge on any atom is 0.415 e. The first-order chi connectivity index (χ1) is 19.8. The quantitative estimate of drug-likeness (QED) is 0.453. The molecule has 2 heterocycles. The van der Waals surface area contributed by atoms with E-state index in [1.54, 1.807) is 0 Å². The summed E-state index contributed by atoms with van der Waals surface area (Å²) in [4.78, 5) is 42.4. The number of ether oxygens (including phenoxy) is 1. The fourth-order valence-electron chi connectivity index (χ4n) is 4.87. The maximum absolute atomic E-state index is 15.3. The summed E-state index contributed by atoms with van der Waals surface area (Å²) < 4.78 is 87.8. The smallest absolute Gasteiger partial charge is 0.415 e. The van der Waals surface area contributed by atoms with Gasteiger partial charge in [-0.05, 0) is 24.3 Å². The van der Waals surface area contributed by atoms with Crippen LogP contribution < -0.4 is 20.4 Å². The molecule has 3 amide bonds. The van der Waals surface area contributed by atoms with Gasteiger partial charge in [0, 0.05) is 44.3 Å². The van der Waals surface area contributed by atoms with Crippen molar-refractivity contribution in [3.05, 3.63) is 48.0 Å². The Bertz CT molecular complexity index is 1500. The summed E-state index contributed by atoms with van der Waals surface area (Å²) in [6.45, 7) is 0.384. The van der Waals surface area contributed by atoms with Gasteiger partial charge in [0.25, 0.3) is 15.9 Å². The molecule has 1 saturated carbocycles. The van der Waals surface area contributed by atoms with Crippen molar-refractivity contribution in [3.63, 3.8) is 0 Å². The number of anilines is 3. The Labute approximate surface area is 237 Å². The molecule has 1 spiro atoms. The topological polar surface area (TPSA) is 138 Å². The summed E-state index contributed by atoms with van der Waals surface area (Å²) in [6, 6.07) is 6.35. The minimum Gasteiger partial charge on any atom is -0.438 e. The van der Waals surface area contributed by atoms with Crippen molar-refractivity contribution in [2.45, 2.75) is 36.3 Å². The Morgan fingerprint density at radius 3 is 2.36 bits per heavy atom. The lowest BCUT2D eigenvalue weighted by Crippen LogP contribution is -2.37. The Morgan fingerprint density at radius 2 is 1.74 bits per heavy atom. The SMILES string of the molecule is CC(=O)Nc1ccc(S(=O)(=O)N2CCN(c3c(F)cc(N4C[C@]5(C[C@@H]5NC(=O)C(F)F)OC4=O)cc3F)CCO2)cc1. The van der Waals surface area contributed by atoms with Crippen LogP contribution in [0.4, 0.5) is 39.4 Å². The molecule has 17 heteroatoms. The average Bonchev–Trinajstić information content (AvgIpc) is 3.54. The van der Waals surface area contributed by atoms with Crippen molar-refractivity contribution in [3.8, 4) is 0 Å². The fraction of sp³-hybridized carbons (Fsp3) is 0.400. The van der Waals surface area contributed by atoms with Crippen molar-refractivity contribution in [1.29, 1.82) is 0 Å². The van der Waals surface area contributed by atoms with E-state index in [0.717, 1.165) is 21.5 Å². The predicted octanol–water partition coefficient (Wildman–Crippen LogP) is 2.21. The largest absolute Gasteiger partial charge is 0.438 e. The molecule has 2 aromatic carbocycles. The highest BCUT2D eigenvalue weighted by Crippen LogP contribution is 2.46. The maximum atomic E-state index is 15.3. The first kappa shape index (κ1) is 29.5. The van der Waals surface area contributed by atoms with Crippen LogP contribution in [-0.4, -0.2) is 81.6 Å². The molecule has 0 unspecified atom stereocenters. The van der Waals surface area contributed by atoms with Crippen molar-refractivity contribution in [1.82, 2.24) is 9.79 Å². The van der Waals surface area contributed by atoms with E-state index in [-0.39, 0.29) is 55.7 Å². The normalized spacial score (nSPS) is 22.7. The van der Waals surface area contributed by atoms with Crippen LogP contribution in [-0.2, 0) is 29.2 Å². The molecule has 5 rings (SSSR count). The number of alkyl halides is 2. The van der Waals surface area contributed by atoms with E-state index in [0.29, 0.717) is 5.69 Å². The second kappa shape index (κ2) is 11.0. The van der Waals surface area contributed by atoms with Gasteiger partial charge in [0.05, 0.1) is 36.3 Å². The highest BCUT2D eigenvalue weighted by molar-refractivity contribution is 7.89. The third kappa shape index (κ3) is 5.71. The number of hydrogen-bond donors (Lipinski definition) is 2.